The van der Waals surface area contributed by atoms with Crippen LogP contribution in [0, 0.1) is 0 Å². The van der Waals surface area contributed by atoms with Gasteiger partial charge >= 0.3 is 0 Å². The summed E-state index contributed by atoms with van der Waals surface area (Å²) >= 11 is 0. The Labute approximate surface area is 110 Å². The number of H-pyrrole nitrogens is 1. The predicted octanol–water partition coefficient (Wildman–Crippen LogP) is 3.58. The highest BCUT2D eigenvalue weighted by Crippen LogP contribution is 2.17. The van der Waals surface area contributed by atoms with Gasteiger partial charge in [-0.2, -0.15) is 0 Å². The quantitative estimate of drug-likeness (QED) is 0.750. The number of benzene rings is 1. The molecule has 1 amide bonds. The Morgan fingerprint density at radius 1 is 1.26 bits per heavy atom. The van der Waals surface area contributed by atoms with Crippen molar-refractivity contribution in [1.82, 2.24) is 4.98 Å². The molecular formula is C15H14N2O2. The summed E-state index contributed by atoms with van der Waals surface area (Å²) in [7, 11) is 0. The van der Waals surface area contributed by atoms with Crippen molar-refractivity contribution in [2.75, 3.05) is 5.32 Å². The van der Waals surface area contributed by atoms with Gasteiger partial charge in [0.1, 0.15) is 5.69 Å². The van der Waals surface area contributed by atoms with E-state index in [1.54, 1.807) is 18.4 Å². The van der Waals surface area contributed by atoms with Crippen LogP contribution in [0.1, 0.15) is 23.0 Å². The second kappa shape index (κ2) is 4.65. The number of carbonyl (C=O) groups excluding carboxylic acids is 1. The number of aromatic nitrogens is 1. The number of aryl methyl sites for hydroxylation is 1. The van der Waals surface area contributed by atoms with E-state index in [2.05, 4.69) is 17.2 Å². The lowest BCUT2D eigenvalue weighted by Gasteiger charge is -2.04. The van der Waals surface area contributed by atoms with Gasteiger partial charge in [-0.1, -0.05) is 19.1 Å². The van der Waals surface area contributed by atoms with Gasteiger partial charge < -0.3 is 14.7 Å². The maximum absolute atomic E-state index is 12.1. The minimum Gasteiger partial charge on any atom is -0.463 e. The average molecular weight is 254 g/mol. The van der Waals surface area contributed by atoms with E-state index >= 15 is 0 Å². The Morgan fingerprint density at radius 3 is 2.74 bits per heavy atom. The largest absolute Gasteiger partial charge is 0.463 e. The van der Waals surface area contributed by atoms with Gasteiger partial charge in [-0.25, -0.2) is 0 Å². The van der Waals surface area contributed by atoms with Crippen molar-refractivity contribution in [3.8, 4) is 0 Å². The number of nitrogens with one attached hydrogen (secondary N) is 2. The molecule has 0 bridgehead atoms. The molecule has 0 fully saturated rings. The maximum atomic E-state index is 12.1. The van der Waals surface area contributed by atoms with Crippen LogP contribution < -0.4 is 5.32 Å². The van der Waals surface area contributed by atoms with E-state index in [0.717, 1.165) is 17.6 Å². The highest BCUT2D eigenvalue weighted by molar-refractivity contribution is 6.05. The summed E-state index contributed by atoms with van der Waals surface area (Å²) in [5.74, 6) is -0.171. The number of hydrogen-bond donors (Lipinski definition) is 2. The maximum Gasteiger partial charge on any atom is 0.272 e. The van der Waals surface area contributed by atoms with Crippen molar-refractivity contribution < 1.29 is 9.21 Å². The zero-order chi connectivity index (χ0) is 13.2. The van der Waals surface area contributed by atoms with E-state index < -0.39 is 0 Å². The van der Waals surface area contributed by atoms with Crippen LogP contribution in [-0.4, -0.2) is 10.9 Å². The number of rotatable bonds is 3. The molecule has 0 aliphatic heterocycles. The lowest BCUT2D eigenvalue weighted by molar-refractivity contribution is 0.102. The zero-order valence-electron chi connectivity index (χ0n) is 10.6. The van der Waals surface area contributed by atoms with Gasteiger partial charge in [-0.15, -0.1) is 0 Å². The third-order valence-electron chi connectivity index (χ3n) is 3.10. The second-order valence-corrected chi connectivity index (χ2v) is 4.39. The highest BCUT2D eigenvalue weighted by atomic mass is 16.3. The fourth-order valence-electron chi connectivity index (χ4n) is 1.99. The summed E-state index contributed by atoms with van der Waals surface area (Å²) < 4.78 is 5.22. The van der Waals surface area contributed by atoms with Crippen molar-refractivity contribution in [1.29, 1.82) is 0 Å². The topological polar surface area (TPSA) is 58.0 Å². The molecule has 19 heavy (non-hydrogen) atoms. The smallest absolute Gasteiger partial charge is 0.272 e. The first kappa shape index (κ1) is 11.6. The molecule has 2 aromatic heterocycles. The minimum absolute atomic E-state index is 0.171. The molecule has 1 aromatic carbocycles. The molecule has 2 N–H and O–H groups in total. The number of fused-ring (bicyclic) bond motifs is 1. The van der Waals surface area contributed by atoms with Crippen LogP contribution in [0.25, 0.3) is 11.1 Å². The molecule has 3 aromatic rings. The zero-order valence-corrected chi connectivity index (χ0v) is 10.6. The Balaban J connectivity index is 1.78. The van der Waals surface area contributed by atoms with E-state index in [9.17, 15) is 4.79 Å². The normalized spacial score (nSPS) is 10.8. The van der Waals surface area contributed by atoms with Gasteiger partial charge in [-0.05, 0) is 24.1 Å². The first-order chi connectivity index (χ1) is 9.26. The van der Waals surface area contributed by atoms with Gasteiger partial charge in [0.2, 0.25) is 0 Å². The fourth-order valence-corrected chi connectivity index (χ4v) is 1.99. The number of amides is 1. The molecule has 2 heterocycles. The standard InChI is InChI=1S/C15H14N2O2/c1-2-10-3-5-11(6-4-10)16-15(18)13-9-14-12(17-13)7-8-19-14/h3-9,17H,2H2,1H3,(H,16,18). The van der Waals surface area contributed by atoms with Crippen molar-refractivity contribution in [3.05, 3.63) is 53.9 Å². The molecule has 0 aliphatic rings. The van der Waals surface area contributed by atoms with Gasteiger partial charge in [0.15, 0.2) is 5.58 Å². The van der Waals surface area contributed by atoms with Crippen molar-refractivity contribution in [3.63, 3.8) is 0 Å². The minimum atomic E-state index is -0.171. The fraction of sp³-hybridized carbons (Fsp3) is 0.133. The molecule has 0 atom stereocenters. The van der Waals surface area contributed by atoms with E-state index in [0.29, 0.717) is 11.3 Å². The van der Waals surface area contributed by atoms with Crippen LogP contribution >= 0.6 is 0 Å². The molecule has 4 nitrogen and oxygen atoms in total. The first-order valence-corrected chi connectivity index (χ1v) is 6.23. The SMILES string of the molecule is CCc1ccc(NC(=O)c2cc3occc3[nH]2)cc1. The summed E-state index contributed by atoms with van der Waals surface area (Å²) in [6, 6.07) is 11.3. The number of carbonyl (C=O) groups is 1. The van der Waals surface area contributed by atoms with Crippen LogP contribution in [0.4, 0.5) is 5.69 Å². The number of hydrogen-bond acceptors (Lipinski definition) is 2. The second-order valence-electron chi connectivity index (χ2n) is 4.39. The average Bonchev–Trinajstić information content (AvgIpc) is 3.00. The number of anilines is 1. The first-order valence-electron chi connectivity index (χ1n) is 6.23. The summed E-state index contributed by atoms with van der Waals surface area (Å²) in [4.78, 5) is 15.1. The molecule has 0 saturated heterocycles. The Morgan fingerprint density at radius 2 is 2.05 bits per heavy atom. The predicted molar refractivity (Wildman–Crippen MR) is 74.3 cm³/mol. The number of furan rings is 1. The highest BCUT2D eigenvalue weighted by Gasteiger charge is 2.11. The third-order valence-corrected chi connectivity index (χ3v) is 3.10. The van der Waals surface area contributed by atoms with Gasteiger partial charge in [0.25, 0.3) is 5.91 Å². The van der Waals surface area contributed by atoms with Crippen molar-refractivity contribution in [2.45, 2.75) is 13.3 Å². The number of aromatic amines is 1. The summed E-state index contributed by atoms with van der Waals surface area (Å²) in [5.41, 5.74) is 4.04. The summed E-state index contributed by atoms with van der Waals surface area (Å²) in [5, 5.41) is 2.85. The van der Waals surface area contributed by atoms with Crippen LogP contribution in [0.15, 0.2) is 47.1 Å². The molecule has 0 radical (unpaired) electrons. The molecule has 0 aliphatic carbocycles. The molecular weight excluding hydrogens is 240 g/mol. The van der Waals surface area contributed by atoms with Crippen molar-refractivity contribution in [2.24, 2.45) is 0 Å². The molecule has 4 heteroatoms. The summed E-state index contributed by atoms with van der Waals surface area (Å²) in [6.45, 7) is 2.10. The van der Waals surface area contributed by atoms with Gasteiger partial charge in [-0.3, -0.25) is 4.79 Å². The van der Waals surface area contributed by atoms with E-state index in [-0.39, 0.29) is 5.91 Å². The van der Waals surface area contributed by atoms with Gasteiger partial charge in [0.05, 0.1) is 11.8 Å². The van der Waals surface area contributed by atoms with E-state index in [4.69, 9.17) is 4.42 Å². The molecule has 96 valence electrons. The lowest BCUT2D eigenvalue weighted by atomic mass is 10.1. The van der Waals surface area contributed by atoms with Crippen LogP contribution in [0.2, 0.25) is 0 Å². The van der Waals surface area contributed by atoms with Crippen LogP contribution in [0.3, 0.4) is 0 Å². The summed E-state index contributed by atoms with van der Waals surface area (Å²) in [6.07, 6.45) is 2.58. The van der Waals surface area contributed by atoms with Crippen LogP contribution in [0.5, 0.6) is 0 Å². The van der Waals surface area contributed by atoms with E-state index in [1.807, 2.05) is 24.3 Å². The third kappa shape index (κ3) is 2.25. The monoisotopic (exact) mass is 254 g/mol. The Bertz CT molecular complexity index is 679. The van der Waals surface area contributed by atoms with Crippen molar-refractivity contribution >= 4 is 22.7 Å². The van der Waals surface area contributed by atoms with Crippen LogP contribution in [-0.2, 0) is 6.42 Å². The lowest BCUT2D eigenvalue weighted by Crippen LogP contribution is -2.12. The molecule has 0 spiro atoms. The molecule has 3 rings (SSSR count). The van der Waals surface area contributed by atoms with Gasteiger partial charge in [0, 0.05) is 17.8 Å². The van der Waals surface area contributed by atoms with E-state index in [1.165, 1.54) is 5.56 Å². The molecule has 0 unspecified atom stereocenters. The Hall–Kier alpha value is -2.49. The Kier molecular flexibility index (Phi) is 2.83. The molecule has 0 saturated carbocycles.